The van der Waals surface area contributed by atoms with E-state index < -0.39 is 11.9 Å². The standard InChI is InChI=1S/C12H16N2O4/c1-17-10(15)7-8-11(12(16)18-2)9-5-3-4-6-14(9)13-8/h3-7H2,1-2H3. The maximum atomic E-state index is 11.8. The molecule has 0 aliphatic carbocycles. The molecule has 0 saturated carbocycles. The lowest BCUT2D eigenvalue weighted by atomic mass is 10.0. The van der Waals surface area contributed by atoms with Crippen LogP contribution in [0.5, 0.6) is 0 Å². The summed E-state index contributed by atoms with van der Waals surface area (Å²) in [5, 5.41) is 4.32. The van der Waals surface area contributed by atoms with Crippen LogP contribution in [0.1, 0.15) is 34.6 Å². The zero-order valence-corrected chi connectivity index (χ0v) is 10.6. The Morgan fingerprint density at radius 2 is 2.06 bits per heavy atom. The van der Waals surface area contributed by atoms with Gasteiger partial charge in [0.2, 0.25) is 0 Å². The van der Waals surface area contributed by atoms with Gasteiger partial charge in [-0.3, -0.25) is 9.48 Å². The maximum Gasteiger partial charge on any atom is 0.341 e. The Bertz CT molecular complexity index is 479. The molecule has 0 amide bonds. The van der Waals surface area contributed by atoms with E-state index in [0.29, 0.717) is 11.3 Å². The SMILES string of the molecule is COC(=O)Cc1nn2c(c1C(=O)OC)CCCC2. The number of nitrogens with zero attached hydrogens (tertiary/aromatic N) is 2. The first-order valence-electron chi connectivity index (χ1n) is 5.91. The number of carbonyl (C=O) groups excluding carboxylic acids is 2. The third-order valence-electron chi connectivity index (χ3n) is 3.09. The molecule has 0 atom stereocenters. The number of rotatable bonds is 3. The normalized spacial score (nSPS) is 13.9. The minimum atomic E-state index is -0.433. The van der Waals surface area contributed by atoms with E-state index in [1.54, 1.807) is 4.68 Å². The van der Waals surface area contributed by atoms with Crippen molar-refractivity contribution >= 4 is 11.9 Å². The number of carbonyl (C=O) groups is 2. The summed E-state index contributed by atoms with van der Waals surface area (Å²) in [5.74, 6) is -0.840. The predicted octanol–water partition coefficient (Wildman–Crippen LogP) is 0.721. The molecule has 0 unspecified atom stereocenters. The van der Waals surface area contributed by atoms with Crippen molar-refractivity contribution in [1.82, 2.24) is 9.78 Å². The van der Waals surface area contributed by atoms with Crippen LogP contribution in [0, 0.1) is 0 Å². The molecular formula is C12H16N2O4. The number of hydrogen-bond donors (Lipinski definition) is 0. The highest BCUT2D eigenvalue weighted by atomic mass is 16.5. The fourth-order valence-electron chi connectivity index (χ4n) is 2.22. The molecule has 1 aliphatic heterocycles. The molecular weight excluding hydrogens is 236 g/mol. The number of hydrogen-bond acceptors (Lipinski definition) is 5. The summed E-state index contributed by atoms with van der Waals surface area (Å²) in [5.41, 5.74) is 1.75. The largest absolute Gasteiger partial charge is 0.469 e. The number of fused-ring (bicyclic) bond motifs is 1. The smallest absolute Gasteiger partial charge is 0.341 e. The number of methoxy groups -OCH3 is 2. The highest BCUT2D eigenvalue weighted by Crippen LogP contribution is 2.23. The second-order valence-corrected chi connectivity index (χ2v) is 4.19. The van der Waals surface area contributed by atoms with Gasteiger partial charge in [0, 0.05) is 6.54 Å². The first kappa shape index (κ1) is 12.6. The summed E-state index contributed by atoms with van der Waals surface area (Å²) >= 11 is 0. The van der Waals surface area contributed by atoms with Gasteiger partial charge >= 0.3 is 11.9 Å². The molecule has 0 aromatic carbocycles. The van der Waals surface area contributed by atoms with Gasteiger partial charge in [-0.1, -0.05) is 0 Å². The molecule has 2 rings (SSSR count). The van der Waals surface area contributed by atoms with Crippen LogP contribution in [0.25, 0.3) is 0 Å². The van der Waals surface area contributed by atoms with E-state index in [2.05, 4.69) is 9.84 Å². The van der Waals surface area contributed by atoms with E-state index in [1.165, 1.54) is 14.2 Å². The Labute approximate surface area is 105 Å². The average molecular weight is 252 g/mol. The highest BCUT2D eigenvalue weighted by Gasteiger charge is 2.27. The van der Waals surface area contributed by atoms with Crippen LogP contribution < -0.4 is 0 Å². The summed E-state index contributed by atoms with van der Waals surface area (Å²) in [6.07, 6.45) is 2.85. The van der Waals surface area contributed by atoms with Crippen LogP contribution in [0.4, 0.5) is 0 Å². The summed E-state index contributed by atoms with van der Waals surface area (Å²) < 4.78 is 11.2. The molecule has 0 spiro atoms. The van der Waals surface area contributed by atoms with Crippen molar-refractivity contribution in [3.63, 3.8) is 0 Å². The lowest BCUT2D eigenvalue weighted by molar-refractivity contribution is -0.139. The van der Waals surface area contributed by atoms with Crippen LogP contribution in [0.3, 0.4) is 0 Å². The number of ether oxygens (including phenoxy) is 2. The van der Waals surface area contributed by atoms with Crippen LogP contribution in [0.15, 0.2) is 0 Å². The molecule has 6 nitrogen and oxygen atoms in total. The van der Waals surface area contributed by atoms with Crippen molar-refractivity contribution in [2.24, 2.45) is 0 Å². The van der Waals surface area contributed by atoms with Crippen LogP contribution in [0.2, 0.25) is 0 Å². The Morgan fingerprint density at radius 1 is 1.28 bits per heavy atom. The van der Waals surface area contributed by atoms with E-state index in [-0.39, 0.29) is 6.42 Å². The quantitative estimate of drug-likeness (QED) is 0.741. The number of aryl methyl sites for hydroxylation is 1. The van der Waals surface area contributed by atoms with E-state index >= 15 is 0 Å². The summed E-state index contributed by atoms with van der Waals surface area (Å²) in [7, 11) is 2.65. The van der Waals surface area contributed by atoms with Crippen LogP contribution in [-0.2, 0) is 33.7 Å². The molecule has 0 fully saturated rings. The Morgan fingerprint density at radius 3 is 2.72 bits per heavy atom. The molecule has 98 valence electrons. The second-order valence-electron chi connectivity index (χ2n) is 4.19. The first-order valence-corrected chi connectivity index (χ1v) is 5.91. The summed E-state index contributed by atoms with van der Waals surface area (Å²) in [6, 6.07) is 0. The summed E-state index contributed by atoms with van der Waals surface area (Å²) in [6.45, 7) is 0.778. The highest BCUT2D eigenvalue weighted by molar-refractivity contribution is 5.93. The van der Waals surface area contributed by atoms with E-state index in [0.717, 1.165) is 31.5 Å². The fourth-order valence-corrected chi connectivity index (χ4v) is 2.22. The Balaban J connectivity index is 2.41. The molecule has 0 bridgehead atoms. The molecule has 1 aliphatic rings. The second kappa shape index (κ2) is 5.20. The molecule has 6 heteroatoms. The average Bonchev–Trinajstić information content (AvgIpc) is 2.75. The lowest BCUT2D eigenvalue weighted by Gasteiger charge is -2.13. The van der Waals surface area contributed by atoms with Crippen molar-refractivity contribution in [2.45, 2.75) is 32.2 Å². The molecule has 0 saturated heterocycles. The zero-order chi connectivity index (χ0) is 13.1. The minimum absolute atomic E-state index is 0.000926. The van der Waals surface area contributed by atoms with Gasteiger partial charge in [0.25, 0.3) is 0 Å². The van der Waals surface area contributed by atoms with Gasteiger partial charge in [-0.05, 0) is 19.3 Å². The van der Waals surface area contributed by atoms with Gasteiger partial charge in [0.1, 0.15) is 5.56 Å². The van der Waals surface area contributed by atoms with E-state index in [9.17, 15) is 9.59 Å². The first-order chi connectivity index (χ1) is 8.67. The molecule has 1 aromatic rings. The molecule has 0 N–H and O–H groups in total. The Kier molecular flexibility index (Phi) is 3.64. The van der Waals surface area contributed by atoms with Gasteiger partial charge < -0.3 is 9.47 Å². The van der Waals surface area contributed by atoms with Crippen LogP contribution in [-0.4, -0.2) is 35.9 Å². The Hall–Kier alpha value is -1.85. The van der Waals surface area contributed by atoms with Gasteiger partial charge in [0.15, 0.2) is 0 Å². The molecule has 1 aromatic heterocycles. The molecule has 2 heterocycles. The maximum absolute atomic E-state index is 11.8. The number of esters is 2. The third kappa shape index (κ3) is 2.23. The number of aromatic nitrogens is 2. The van der Waals surface area contributed by atoms with E-state index in [4.69, 9.17) is 4.74 Å². The van der Waals surface area contributed by atoms with Crippen LogP contribution >= 0.6 is 0 Å². The van der Waals surface area contributed by atoms with Gasteiger partial charge in [-0.2, -0.15) is 5.10 Å². The van der Waals surface area contributed by atoms with Crippen molar-refractivity contribution < 1.29 is 19.1 Å². The minimum Gasteiger partial charge on any atom is -0.469 e. The van der Waals surface area contributed by atoms with E-state index in [1.807, 2.05) is 0 Å². The van der Waals surface area contributed by atoms with Gasteiger partial charge in [0.05, 0.1) is 32.0 Å². The van der Waals surface area contributed by atoms with Gasteiger partial charge in [-0.25, -0.2) is 4.79 Å². The van der Waals surface area contributed by atoms with Crippen molar-refractivity contribution in [3.05, 3.63) is 17.0 Å². The predicted molar refractivity (Wildman–Crippen MR) is 62.2 cm³/mol. The zero-order valence-electron chi connectivity index (χ0n) is 10.6. The van der Waals surface area contributed by atoms with Crippen molar-refractivity contribution in [1.29, 1.82) is 0 Å². The van der Waals surface area contributed by atoms with Crippen molar-refractivity contribution in [3.8, 4) is 0 Å². The fraction of sp³-hybridized carbons (Fsp3) is 0.583. The lowest BCUT2D eigenvalue weighted by Crippen LogP contribution is -2.14. The van der Waals surface area contributed by atoms with Gasteiger partial charge in [-0.15, -0.1) is 0 Å². The monoisotopic (exact) mass is 252 g/mol. The molecule has 18 heavy (non-hydrogen) atoms. The molecule has 0 radical (unpaired) electrons. The van der Waals surface area contributed by atoms with Crippen molar-refractivity contribution in [2.75, 3.05) is 14.2 Å². The summed E-state index contributed by atoms with van der Waals surface area (Å²) in [4.78, 5) is 23.1. The topological polar surface area (TPSA) is 70.4 Å². The third-order valence-corrected chi connectivity index (χ3v) is 3.09.